The Kier molecular flexibility index (Phi) is 13.8. The molecule has 6 N–H and O–H groups in total. The quantitative estimate of drug-likeness (QED) is 0.0628. The molecule has 238 valence electrons. The highest BCUT2D eigenvalue weighted by molar-refractivity contribution is 14.1. The van der Waals surface area contributed by atoms with Crippen LogP contribution in [0.25, 0.3) is 0 Å². The van der Waals surface area contributed by atoms with Gasteiger partial charge in [-0.3, -0.25) is 24.6 Å². The zero-order valence-corrected chi connectivity index (χ0v) is 27.0. The number of nitrogens with zero attached hydrogens (tertiary/aromatic N) is 2. The number of likely N-dealkylation sites (tertiary alicyclic amines) is 1. The molecule has 0 aliphatic carbocycles. The first kappa shape index (κ1) is 35.9. The summed E-state index contributed by atoms with van der Waals surface area (Å²) in [6, 6.07) is 4.15. The zero-order valence-electron chi connectivity index (χ0n) is 24.9. The summed E-state index contributed by atoms with van der Waals surface area (Å²) in [5.41, 5.74) is 6.41. The summed E-state index contributed by atoms with van der Waals surface area (Å²) in [4.78, 5) is 76.0. The van der Waals surface area contributed by atoms with Crippen LogP contribution >= 0.6 is 22.6 Å². The number of hydrogen-bond acceptors (Lipinski definition) is 9. The number of aliphatic hydroxyl groups is 1. The largest absolute Gasteiger partial charge is 0.458 e. The van der Waals surface area contributed by atoms with E-state index in [1.165, 1.54) is 25.8 Å². The van der Waals surface area contributed by atoms with Gasteiger partial charge in [0.1, 0.15) is 18.7 Å². The van der Waals surface area contributed by atoms with Gasteiger partial charge in [-0.1, -0.05) is 12.1 Å². The van der Waals surface area contributed by atoms with Gasteiger partial charge in [-0.05, 0) is 93.2 Å². The minimum absolute atomic E-state index is 0.0879. The van der Waals surface area contributed by atoms with Crippen molar-refractivity contribution in [2.45, 2.75) is 83.2 Å². The number of amides is 5. The van der Waals surface area contributed by atoms with Crippen molar-refractivity contribution in [2.75, 3.05) is 20.1 Å². The summed E-state index contributed by atoms with van der Waals surface area (Å²) in [6.45, 7) is 4.50. The fraction of sp³-hybridized carbons (Fsp3) is 0.571. The third-order valence-electron chi connectivity index (χ3n) is 7.01. The van der Waals surface area contributed by atoms with Crippen LogP contribution in [-0.2, 0) is 35.3 Å². The monoisotopic (exact) mass is 716 g/mol. The summed E-state index contributed by atoms with van der Waals surface area (Å²) in [6.07, 6.45) is 1.34. The van der Waals surface area contributed by atoms with Gasteiger partial charge in [0.05, 0.1) is 6.04 Å². The van der Waals surface area contributed by atoms with Gasteiger partial charge in [-0.15, -0.1) is 0 Å². The maximum Gasteiger partial charge on any atom is 0.346 e. The minimum Gasteiger partial charge on any atom is -0.458 e. The second-order valence-electron chi connectivity index (χ2n) is 10.6. The Bertz CT molecular complexity index is 1180. The molecule has 0 saturated carbocycles. The lowest BCUT2D eigenvalue weighted by Gasteiger charge is -2.29. The smallest absolute Gasteiger partial charge is 0.346 e. The number of hydrogen-bond donors (Lipinski definition) is 5. The molecule has 4 atom stereocenters. The number of ketones is 1. The topological polar surface area (TPSA) is 200 Å². The molecule has 0 radical (unpaired) electrons. The number of nitrogens with one attached hydrogen (secondary N) is 3. The van der Waals surface area contributed by atoms with Crippen molar-refractivity contribution in [3.63, 3.8) is 0 Å². The fourth-order valence-corrected chi connectivity index (χ4v) is 4.70. The standard InChI is InChI=1S/C28H41IN6O8/c1-17(30)23(37)32-18(2)25(39)35-15-7-8-22(35)24(38)33-34(4)27(41)31-14-6-5-13-28(42,19(3)36)26(40)43-16-20-9-11-21(29)12-10-20/h9-12,17-18,22,42H,5-8,13-16,30H2,1-4H3,(H,31,41)(H,32,37)(H,33,38)/t17-,18-,22-,28?/m0/s1. The Labute approximate surface area is 264 Å². The number of carbonyl (C=O) groups is 6. The van der Waals surface area contributed by atoms with Crippen LogP contribution < -0.4 is 21.8 Å². The second kappa shape index (κ2) is 16.5. The van der Waals surface area contributed by atoms with Crippen LogP contribution in [0.15, 0.2) is 24.3 Å². The van der Waals surface area contributed by atoms with E-state index in [2.05, 4.69) is 38.7 Å². The van der Waals surface area contributed by atoms with Gasteiger partial charge in [0.15, 0.2) is 5.78 Å². The summed E-state index contributed by atoms with van der Waals surface area (Å²) in [7, 11) is 1.35. The Morgan fingerprint density at radius 2 is 1.81 bits per heavy atom. The lowest BCUT2D eigenvalue weighted by atomic mass is 9.92. The number of rotatable bonds is 13. The fourth-order valence-electron chi connectivity index (χ4n) is 4.34. The Hall–Kier alpha value is -3.31. The molecule has 1 fully saturated rings. The highest BCUT2D eigenvalue weighted by Crippen LogP contribution is 2.20. The molecule has 1 aliphatic rings. The first-order chi connectivity index (χ1) is 20.2. The lowest BCUT2D eigenvalue weighted by molar-refractivity contribution is -0.172. The van der Waals surface area contributed by atoms with E-state index in [1.54, 1.807) is 12.1 Å². The highest BCUT2D eigenvalue weighted by Gasteiger charge is 2.42. The average molecular weight is 717 g/mol. The number of unbranched alkanes of at least 4 members (excludes halogenated alkanes) is 1. The van der Waals surface area contributed by atoms with Crippen molar-refractivity contribution in [3.8, 4) is 0 Å². The third kappa shape index (κ3) is 10.4. The molecule has 5 amide bonds. The SMILES string of the molecule is CC(=O)C(O)(CCCCNC(=O)N(C)NC(=O)[C@@H]1CCCN1C(=O)[C@H](C)NC(=O)[C@H](C)N)C(=O)OCc1ccc(I)cc1. The summed E-state index contributed by atoms with van der Waals surface area (Å²) >= 11 is 2.14. The Morgan fingerprint density at radius 3 is 2.42 bits per heavy atom. The number of halogens is 1. The number of hydrazine groups is 1. The predicted molar refractivity (Wildman–Crippen MR) is 164 cm³/mol. The van der Waals surface area contributed by atoms with Crippen LogP contribution in [0.1, 0.15) is 58.4 Å². The molecule has 0 bridgehead atoms. The maximum absolute atomic E-state index is 12.9. The van der Waals surface area contributed by atoms with E-state index in [4.69, 9.17) is 10.5 Å². The van der Waals surface area contributed by atoms with Crippen molar-refractivity contribution in [1.29, 1.82) is 0 Å². The van der Waals surface area contributed by atoms with Crippen molar-refractivity contribution in [1.82, 2.24) is 26.0 Å². The number of esters is 1. The van der Waals surface area contributed by atoms with Gasteiger partial charge in [-0.2, -0.15) is 0 Å². The molecule has 0 spiro atoms. The molecule has 1 unspecified atom stereocenters. The molecule has 1 aromatic carbocycles. The molecule has 0 aromatic heterocycles. The van der Waals surface area contributed by atoms with Crippen molar-refractivity contribution >= 4 is 58.1 Å². The number of carbonyl (C=O) groups excluding carboxylic acids is 6. The number of nitrogens with two attached hydrogens (primary N) is 1. The van der Waals surface area contributed by atoms with Crippen LogP contribution in [0.3, 0.4) is 0 Å². The normalized spacial score (nSPS) is 17.2. The van der Waals surface area contributed by atoms with Crippen LogP contribution in [0.5, 0.6) is 0 Å². The first-order valence-electron chi connectivity index (χ1n) is 14.0. The second-order valence-corrected chi connectivity index (χ2v) is 11.8. The van der Waals surface area contributed by atoms with Gasteiger partial charge in [0, 0.05) is 23.7 Å². The van der Waals surface area contributed by atoms with Gasteiger partial charge in [-0.25, -0.2) is 14.6 Å². The van der Waals surface area contributed by atoms with Crippen molar-refractivity contribution in [3.05, 3.63) is 33.4 Å². The van der Waals surface area contributed by atoms with E-state index in [-0.39, 0.29) is 26.0 Å². The van der Waals surface area contributed by atoms with Gasteiger partial charge in [0.2, 0.25) is 17.4 Å². The van der Waals surface area contributed by atoms with E-state index in [0.717, 1.165) is 15.5 Å². The van der Waals surface area contributed by atoms with Crippen LogP contribution in [-0.4, -0.2) is 94.4 Å². The predicted octanol–water partition coefficient (Wildman–Crippen LogP) is 0.340. The van der Waals surface area contributed by atoms with Crippen LogP contribution in [0, 0.1) is 3.57 Å². The number of Topliss-reactive ketones (excluding diaryl/α,β-unsaturated/α-hetero) is 1. The molecule has 1 aromatic rings. The molecule has 43 heavy (non-hydrogen) atoms. The average Bonchev–Trinajstić information content (AvgIpc) is 3.45. The number of ether oxygens (including phenoxy) is 1. The van der Waals surface area contributed by atoms with Crippen molar-refractivity contribution in [2.24, 2.45) is 5.73 Å². The van der Waals surface area contributed by atoms with Crippen LogP contribution in [0.2, 0.25) is 0 Å². The van der Waals surface area contributed by atoms with E-state index in [9.17, 15) is 33.9 Å². The Balaban J connectivity index is 1.78. The summed E-state index contributed by atoms with van der Waals surface area (Å²) in [5.74, 6) is -3.24. The summed E-state index contributed by atoms with van der Waals surface area (Å²) < 4.78 is 6.20. The maximum atomic E-state index is 12.9. The van der Waals surface area contributed by atoms with E-state index in [0.29, 0.717) is 31.4 Å². The van der Waals surface area contributed by atoms with E-state index >= 15 is 0 Å². The van der Waals surface area contributed by atoms with Gasteiger partial charge in [0.25, 0.3) is 5.91 Å². The van der Waals surface area contributed by atoms with E-state index < -0.39 is 59.2 Å². The molecule has 1 aliphatic heterocycles. The number of benzene rings is 1. The Morgan fingerprint density at radius 1 is 1.16 bits per heavy atom. The zero-order chi connectivity index (χ0) is 32.3. The van der Waals surface area contributed by atoms with Gasteiger partial charge >= 0.3 is 12.0 Å². The molecular weight excluding hydrogens is 675 g/mol. The molecule has 15 heteroatoms. The molecular formula is C28H41IN6O8. The lowest BCUT2D eigenvalue weighted by Crippen LogP contribution is -2.57. The molecule has 1 heterocycles. The van der Waals surface area contributed by atoms with Crippen LogP contribution in [0.4, 0.5) is 4.79 Å². The molecule has 2 rings (SSSR count). The number of urea groups is 1. The highest BCUT2D eigenvalue weighted by atomic mass is 127. The molecule has 1 saturated heterocycles. The first-order valence-corrected chi connectivity index (χ1v) is 15.1. The summed E-state index contributed by atoms with van der Waals surface area (Å²) in [5, 5.41) is 16.8. The van der Waals surface area contributed by atoms with Crippen molar-refractivity contribution < 1.29 is 38.6 Å². The molecule has 14 nitrogen and oxygen atoms in total. The third-order valence-corrected chi connectivity index (χ3v) is 7.73. The van der Waals surface area contributed by atoms with Gasteiger partial charge < -0.3 is 31.1 Å². The van der Waals surface area contributed by atoms with E-state index in [1.807, 2.05) is 12.1 Å². The minimum atomic E-state index is -2.30.